The number of oxazole rings is 1. The summed E-state index contributed by atoms with van der Waals surface area (Å²) in [7, 11) is 1.42. The molecule has 1 aliphatic carbocycles. The molecule has 0 saturated heterocycles. The Kier molecular flexibility index (Phi) is 5.14. The van der Waals surface area contributed by atoms with Crippen molar-refractivity contribution in [3.05, 3.63) is 46.9 Å². The van der Waals surface area contributed by atoms with Gasteiger partial charge in [-0.2, -0.15) is 9.97 Å². The van der Waals surface area contributed by atoms with Crippen LogP contribution in [0.3, 0.4) is 0 Å². The molecule has 9 nitrogen and oxygen atoms in total. The summed E-state index contributed by atoms with van der Waals surface area (Å²) < 4.78 is 33.0. The maximum Gasteiger partial charge on any atom is 0.318 e. The van der Waals surface area contributed by atoms with Gasteiger partial charge in [0.2, 0.25) is 5.88 Å². The maximum absolute atomic E-state index is 16.2. The van der Waals surface area contributed by atoms with E-state index in [0.717, 1.165) is 18.4 Å². The van der Waals surface area contributed by atoms with E-state index in [2.05, 4.69) is 19.9 Å². The lowest BCUT2D eigenvalue weighted by Crippen LogP contribution is -2.36. The topological polar surface area (TPSA) is 107 Å². The van der Waals surface area contributed by atoms with Crippen LogP contribution >= 0.6 is 11.6 Å². The molecule has 0 amide bonds. The molecule has 11 heteroatoms. The molecule has 180 valence electrons. The highest BCUT2D eigenvalue weighted by molar-refractivity contribution is 6.32. The zero-order chi connectivity index (χ0) is 24.3. The molecule has 4 aromatic rings. The van der Waals surface area contributed by atoms with Crippen molar-refractivity contribution >= 4 is 28.3 Å². The molecular weight excluding hydrogens is 477 g/mol. The second kappa shape index (κ2) is 8.23. The largest absolute Gasteiger partial charge is 0.508 e. The number of nitrogens with zero attached hydrogens (tertiary/aromatic N) is 5. The molecule has 0 unspecified atom stereocenters. The Morgan fingerprint density at radius 3 is 2.80 bits per heavy atom. The lowest BCUT2D eigenvalue weighted by molar-refractivity contribution is 0.284. The highest BCUT2D eigenvalue weighted by Gasteiger charge is 2.34. The monoisotopic (exact) mass is 497 g/mol. The minimum atomic E-state index is -0.674. The quantitative estimate of drug-likeness (QED) is 0.414. The molecule has 1 fully saturated rings. The van der Waals surface area contributed by atoms with Crippen LogP contribution in [0.15, 0.2) is 29.1 Å². The Hall–Kier alpha value is -3.66. The summed E-state index contributed by atoms with van der Waals surface area (Å²) in [5.74, 6) is 0.657. The number of halogens is 2. The highest BCUT2D eigenvalue weighted by atomic mass is 35.5. The number of hydrogen-bond donors (Lipinski definition) is 1. The third kappa shape index (κ3) is 3.68. The van der Waals surface area contributed by atoms with Gasteiger partial charge in [0.15, 0.2) is 12.2 Å². The molecule has 1 aromatic carbocycles. The number of phenols is 1. The van der Waals surface area contributed by atoms with E-state index in [1.807, 2.05) is 11.8 Å². The average molecular weight is 498 g/mol. The molecule has 1 atom stereocenters. The maximum atomic E-state index is 16.2. The summed E-state index contributed by atoms with van der Waals surface area (Å²) in [6.45, 7) is 2.55. The molecule has 6 rings (SSSR count). The molecule has 0 spiro atoms. The normalized spacial score (nSPS) is 17.4. The number of aromatic nitrogens is 4. The predicted octanol–water partition coefficient (Wildman–Crippen LogP) is 4.85. The van der Waals surface area contributed by atoms with Gasteiger partial charge in [-0.25, -0.2) is 14.4 Å². The van der Waals surface area contributed by atoms with Crippen molar-refractivity contribution in [2.24, 2.45) is 0 Å². The zero-order valence-electron chi connectivity index (χ0n) is 19.0. The molecular formula is C24H21ClFN5O4. The van der Waals surface area contributed by atoms with Crippen molar-refractivity contribution in [2.45, 2.75) is 38.3 Å². The van der Waals surface area contributed by atoms with Crippen LogP contribution in [-0.2, 0) is 6.54 Å². The lowest BCUT2D eigenvalue weighted by Gasteiger charge is -2.27. The molecule has 0 bridgehead atoms. The lowest BCUT2D eigenvalue weighted by atomic mass is 9.98. The second-order valence-corrected chi connectivity index (χ2v) is 9.16. The molecule has 1 saturated carbocycles. The van der Waals surface area contributed by atoms with Gasteiger partial charge in [-0.15, -0.1) is 0 Å². The van der Waals surface area contributed by atoms with Crippen LogP contribution < -0.4 is 14.4 Å². The standard InChI is InChI=1S/C24H21ClFN5O4/c1-11-9-34-23-18-21(29-24(33-2)30-22(18)31(11)8-14-7-27-10-35-14)19(26)20(28-23)15-5-13(32)6-16(25)17(15)12-3-4-12/h5-7,10-12,32H,3-4,8-9H2,1-2H3/t11-/m0/s1. The molecule has 3 aromatic heterocycles. The van der Waals surface area contributed by atoms with E-state index in [4.69, 9.17) is 25.5 Å². The van der Waals surface area contributed by atoms with Crippen molar-refractivity contribution in [3.63, 3.8) is 0 Å². The van der Waals surface area contributed by atoms with Crippen molar-refractivity contribution < 1.29 is 23.4 Å². The summed E-state index contributed by atoms with van der Waals surface area (Å²) in [4.78, 5) is 19.3. The van der Waals surface area contributed by atoms with E-state index in [9.17, 15) is 5.11 Å². The Morgan fingerprint density at radius 1 is 1.26 bits per heavy atom. The molecule has 4 heterocycles. The Balaban J connectivity index is 1.61. The number of pyridine rings is 1. The number of rotatable bonds is 5. The Bertz CT molecular complexity index is 1440. The third-order valence-corrected chi connectivity index (χ3v) is 6.64. The van der Waals surface area contributed by atoms with Gasteiger partial charge in [0.25, 0.3) is 0 Å². The number of ether oxygens (including phenoxy) is 2. The van der Waals surface area contributed by atoms with Gasteiger partial charge in [-0.1, -0.05) is 11.6 Å². The van der Waals surface area contributed by atoms with E-state index in [1.165, 1.54) is 25.6 Å². The van der Waals surface area contributed by atoms with E-state index in [0.29, 0.717) is 34.1 Å². The van der Waals surface area contributed by atoms with E-state index < -0.39 is 5.82 Å². The third-order valence-electron chi connectivity index (χ3n) is 6.33. The van der Waals surface area contributed by atoms with Crippen LogP contribution in [-0.4, -0.2) is 44.8 Å². The van der Waals surface area contributed by atoms with Crippen LogP contribution in [0.25, 0.3) is 22.2 Å². The second-order valence-electron chi connectivity index (χ2n) is 8.76. The fraction of sp³-hybridized carbons (Fsp3) is 0.333. The summed E-state index contributed by atoms with van der Waals surface area (Å²) in [5, 5.41) is 11.0. The van der Waals surface area contributed by atoms with Gasteiger partial charge in [-0.05, 0) is 43.4 Å². The van der Waals surface area contributed by atoms with Crippen molar-refractivity contribution in [3.8, 4) is 28.9 Å². The number of anilines is 1. The smallest absolute Gasteiger partial charge is 0.318 e. The van der Waals surface area contributed by atoms with E-state index >= 15 is 4.39 Å². The number of aromatic hydroxyl groups is 1. The molecule has 1 N–H and O–H groups in total. The van der Waals surface area contributed by atoms with Crippen LogP contribution in [0, 0.1) is 5.82 Å². The summed E-state index contributed by atoms with van der Waals surface area (Å²) in [6.07, 6.45) is 4.83. The summed E-state index contributed by atoms with van der Waals surface area (Å²) >= 11 is 6.47. The fourth-order valence-corrected chi connectivity index (χ4v) is 4.86. The van der Waals surface area contributed by atoms with Crippen molar-refractivity contribution in [2.75, 3.05) is 18.6 Å². The number of hydrogen-bond acceptors (Lipinski definition) is 9. The molecule has 2 aliphatic rings. The van der Waals surface area contributed by atoms with E-state index in [1.54, 1.807) is 6.20 Å². The summed E-state index contributed by atoms with van der Waals surface area (Å²) in [5.41, 5.74) is 1.20. The number of methoxy groups -OCH3 is 1. The van der Waals surface area contributed by atoms with Gasteiger partial charge in [0.05, 0.1) is 25.9 Å². The first-order valence-electron chi connectivity index (χ1n) is 11.2. The van der Waals surface area contributed by atoms with Gasteiger partial charge >= 0.3 is 6.01 Å². The van der Waals surface area contributed by atoms with Gasteiger partial charge in [0.1, 0.15) is 40.5 Å². The first-order valence-corrected chi connectivity index (χ1v) is 11.6. The van der Waals surface area contributed by atoms with Crippen LogP contribution in [0.1, 0.15) is 37.0 Å². The first-order chi connectivity index (χ1) is 16.9. The molecule has 35 heavy (non-hydrogen) atoms. The van der Waals surface area contributed by atoms with Crippen LogP contribution in [0.5, 0.6) is 17.6 Å². The first kappa shape index (κ1) is 21.8. The fourth-order valence-electron chi connectivity index (χ4n) is 4.49. The number of benzene rings is 1. The predicted molar refractivity (Wildman–Crippen MR) is 126 cm³/mol. The average Bonchev–Trinajstić information content (AvgIpc) is 3.56. The molecule has 1 aliphatic heterocycles. The SMILES string of the molecule is COc1nc2c3c(nc(-c4cc(O)cc(Cl)c4C4CC4)c(F)c3n1)OC[C@H](C)N2Cc1cnco1. The Labute approximate surface area is 204 Å². The summed E-state index contributed by atoms with van der Waals surface area (Å²) in [6, 6.07) is 2.79. The van der Waals surface area contributed by atoms with Crippen molar-refractivity contribution in [1.82, 2.24) is 19.9 Å². The zero-order valence-corrected chi connectivity index (χ0v) is 19.7. The van der Waals surface area contributed by atoms with Crippen molar-refractivity contribution in [1.29, 1.82) is 0 Å². The van der Waals surface area contributed by atoms with Crippen LogP contribution in [0.4, 0.5) is 10.2 Å². The minimum absolute atomic E-state index is 0.00234. The molecule has 0 radical (unpaired) electrons. The minimum Gasteiger partial charge on any atom is -0.508 e. The van der Waals surface area contributed by atoms with Crippen LogP contribution in [0.2, 0.25) is 5.02 Å². The van der Waals surface area contributed by atoms with Gasteiger partial charge in [0, 0.05) is 10.6 Å². The Morgan fingerprint density at radius 2 is 2.09 bits per heavy atom. The van der Waals surface area contributed by atoms with E-state index in [-0.39, 0.29) is 47.4 Å². The number of phenolic OH excluding ortho intramolecular Hbond substituents is 1. The van der Waals surface area contributed by atoms with Gasteiger partial charge < -0.3 is 23.9 Å². The van der Waals surface area contributed by atoms with Gasteiger partial charge in [-0.3, -0.25) is 0 Å². The highest BCUT2D eigenvalue weighted by Crippen LogP contribution is 2.50.